The molecule has 0 aliphatic heterocycles. The number of aryl methyl sites for hydroxylation is 3. The van der Waals surface area contributed by atoms with Crippen LogP contribution < -0.4 is 5.32 Å². The summed E-state index contributed by atoms with van der Waals surface area (Å²) in [7, 11) is 1.93. The predicted molar refractivity (Wildman–Crippen MR) is 94.9 cm³/mol. The van der Waals surface area contributed by atoms with Crippen molar-refractivity contribution in [1.29, 1.82) is 0 Å². The summed E-state index contributed by atoms with van der Waals surface area (Å²) < 4.78 is 1.94. The summed E-state index contributed by atoms with van der Waals surface area (Å²) in [6.45, 7) is 6.25. The second-order valence-corrected chi connectivity index (χ2v) is 6.25. The van der Waals surface area contributed by atoms with Crippen molar-refractivity contribution in [1.82, 2.24) is 14.8 Å². The number of nitrogens with one attached hydrogen (secondary N) is 1. The van der Waals surface area contributed by atoms with E-state index in [0.29, 0.717) is 5.75 Å². The van der Waals surface area contributed by atoms with E-state index >= 15 is 0 Å². The molecule has 1 heterocycles. The van der Waals surface area contributed by atoms with Crippen LogP contribution in [0, 0.1) is 0 Å². The molecule has 2 rings (SSSR count). The van der Waals surface area contributed by atoms with Crippen molar-refractivity contribution < 1.29 is 4.79 Å². The Labute approximate surface area is 141 Å². The van der Waals surface area contributed by atoms with Crippen LogP contribution in [-0.2, 0) is 31.1 Å². The number of hydrogen-bond donors (Lipinski definition) is 1. The number of nitrogens with zero attached hydrogens (tertiary/aromatic N) is 3. The van der Waals surface area contributed by atoms with E-state index in [9.17, 15) is 4.79 Å². The summed E-state index contributed by atoms with van der Waals surface area (Å²) >= 11 is 1.41. The maximum atomic E-state index is 12.3. The normalized spacial score (nSPS) is 10.8. The Morgan fingerprint density at radius 3 is 2.30 bits per heavy atom. The first-order valence-electron chi connectivity index (χ1n) is 8.02. The van der Waals surface area contributed by atoms with Crippen molar-refractivity contribution in [3.8, 4) is 0 Å². The first-order chi connectivity index (χ1) is 11.1. The largest absolute Gasteiger partial charge is 0.325 e. The minimum Gasteiger partial charge on any atom is -0.325 e. The Morgan fingerprint density at radius 2 is 1.78 bits per heavy atom. The van der Waals surface area contributed by atoms with Gasteiger partial charge in [0.15, 0.2) is 5.16 Å². The number of aromatic nitrogens is 3. The average molecular weight is 332 g/mol. The Kier molecular flexibility index (Phi) is 6.21. The monoisotopic (exact) mass is 332 g/mol. The fourth-order valence-electron chi connectivity index (χ4n) is 2.49. The smallest absolute Gasteiger partial charge is 0.234 e. The number of rotatable bonds is 7. The molecule has 0 atom stereocenters. The third-order valence-corrected chi connectivity index (χ3v) is 4.86. The molecular formula is C17H24N4OS. The molecule has 5 nitrogen and oxygen atoms in total. The summed E-state index contributed by atoms with van der Waals surface area (Å²) in [4.78, 5) is 12.3. The van der Waals surface area contributed by atoms with E-state index in [1.54, 1.807) is 0 Å². The van der Waals surface area contributed by atoms with Crippen LogP contribution in [-0.4, -0.2) is 26.4 Å². The van der Waals surface area contributed by atoms with Gasteiger partial charge < -0.3 is 9.88 Å². The molecule has 1 amide bonds. The number of thioether (sulfide) groups is 1. The lowest BCUT2D eigenvalue weighted by Crippen LogP contribution is -2.17. The van der Waals surface area contributed by atoms with Crippen molar-refractivity contribution in [2.75, 3.05) is 11.1 Å². The van der Waals surface area contributed by atoms with E-state index < -0.39 is 0 Å². The van der Waals surface area contributed by atoms with Gasteiger partial charge in [0.25, 0.3) is 0 Å². The molecule has 0 fully saturated rings. The van der Waals surface area contributed by atoms with Crippen LogP contribution in [0.3, 0.4) is 0 Å². The lowest BCUT2D eigenvalue weighted by molar-refractivity contribution is -0.113. The zero-order valence-electron chi connectivity index (χ0n) is 14.2. The van der Waals surface area contributed by atoms with Crippen molar-refractivity contribution in [2.24, 2.45) is 7.05 Å². The van der Waals surface area contributed by atoms with Gasteiger partial charge in [-0.25, -0.2) is 0 Å². The molecule has 0 aliphatic carbocycles. The van der Waals surface area contributed by atoms with Gasteiger partial charge in [0.05, 0.1) is 5.75 Å². The fraction of sp³-hybridized carbons (Fsp3) is 0.471. The molecule has 23 heavy (non-hydrogen) atoms. The summed E-state index contributed by atoms with van der Waals surface area (Å²) in [6, 6.07) is 6.18. The number of carbonyl (C=O) groups is 1. The van der Waals surface area contributed by atoms with E-state index in [1.165, 1.54) is 22.9 Å². The van der Waals surface area contributed by atoms with E-state index in [1.807, 2.05) is 24.6 Å². The summed E-state index contributed by atoms with van der Waals surface area (Å²) in [5.74, 6) is 1.25. The van der Waals surface area contributed by atoms with Gasteiger partial charge in [0.1, 0.15) is 5.82 Å². The second kappa shape index (κ2) is 8.15. The summed E-state index contributed by atoms with van der Waals surface area (Å²) in [5, 5.41) is 12.1. The molecule has 1 N–H and O–H groups in total. The number of carbonyl (C=O) groups excluding carboxylic acids is 1. The van der Waals surface area contributed by atoms with E-state index in [4.69, 9.17) is 0 Å². The van der Waals surface area contributed by atoms with Crippen LogP contribution in [0.25, 0.3) is 0 Å². The Morgan fingerprint density at radius 1 is 1.13 bits per heavy atom. The zero-order valence-corrected chi connectivity index (χ0v) is 15.0. The molecule has 0 radical (unpaired) electrons. The van der Waals surface area contributed by atoms with Crippen LogP contribution >= 0.6 is 11.8 Å². The van der Waals surface area contributed by atoms with Crippen LogP contribution in [0.4, 0.5) is 5.69 Å². The van der Waals surface area contributed by atoms with Gasteiger partial charge >= 0.3 is 0 Å². The van der Waals surface area contributed by atoms with Crippen molar-refractivity contribution in [3.63, 3.8) is 0 Å². The van der Waals surface area contributed by atoms with Crippen LogP contribution in [0.15, 0.2) is 23.4 Å². The molecular weight excluding hydrogens is 308 g/mol. The molecule has 0 saturated carbocycles. The molecule has 0 saturated heterocycles. The number of para-hydroxylation sites is 1. The average Bonchev–Trinajstić information content (AvgIpc) is 2.93. The van der Waals surface area contributed by atoms with E-state index in [-0.39, 0.29) is 5.91 Å². The minimum atomic E-state index is -0.00773. The van der Waals surface area contributed by atoms with Gasteiger partial charge in [0, 0.05) is 19.2 Å². The van der Waals surface area contributed by atoms with Crippen molar-refractivity contribution in [3.05, 3.63) is 35.2 Å². The third kappa shape index (κ3) is 4.13. The molecule has 6 heteroatoms. The quantitative estimate of drug-likeness (QED) is 0.791. The fourth-order valence-corrected chi connectivity index (χ4v) is 3.22. The first kappa shape index (κ1) is 17.5. The molecule has 0 spiro atoms. The molecule has 0 bridgehead atoms. The summed E-state index contributed by atoms with van der Waals surface area (Å²) in [6.07, 6.45) is 2.64. The topological polar surface area (TPSA) is 59.8 Å². The van der Waals surface area contributed by atoms with Crippen LogP contribution in [0.1, 0.15) is 37.7 Å². The van der Waals surface area contributed by atoms with Gasteiger partial charge in [0.2, 0.25) is 5.91 Å². The third-order valence-electron chi connectivity index (χ3n) is 3.84. The molecule has 2 aromatic rings. The molecule has 0 unspecified atom stereocenters. The predicted octanol–water partition coefficient (Wildman–Crippen LogP) is 3.23. The summed E-state index contributed by atoms with van der Waals surface area (Å²) in [5.41, 5.74) is 3.32. The van der Waals surface area contributed by atoms with Crippen LogP contribution in [0.5, 0.6) is 0 Å². The van der Waals surface area contributed by atoms with Gasteiger partial charge in [-0.05, 0) is 24.0 Å². The number of anilines is 1. The van der Waals surface area contributed by atoms with Gasteiger partial charge in [-0.1, -0.05) is 50.7 Å². The Hall–Kier alpha value is -1.82. The minimum absolute atomic E-state index is 0.00773. The number of benzene rings is 1. The van der Waals surface area contributed by atoms with Gasteiger partial charge in [-0.15, -0.1) is 10.2 Å². The highest BCUT2D eigenvalue weighted by atomic mass is 32.2. The first-order valence-corrected chi connectivity index (χ1v) is 9.00. The Balaban J connectivity index is 2.04. The molecule has 1 aromatic heterocycles. The Bertz CT molecular complexity index is 659. The number of hydrogen-bond acceptors (Lipinski definition) is 4. The maximum Gasteiger partial charge on any atom is 0.234 e. The lowest BCUT2D eigenvalue weighted by atomic mass is 10.0. The van der Waals surface area contributed by atoms with Crippen molar-refractivity contribution in [2.45, 2.75) is 45.2 Å². The van der Waals surface area contributed by atoms with Crippen LogP contribution in [0.2, 0.25) is 0 Å². The van der Waals surface area contributed by atoms with Gasteiger partial charge in [-0.2, -0.15) is 0 Å². The highest BCUT2D eigenvalue weighted by molar-refractivity contribution is 7.99. The highest BCUT2D eigenvalue weighted by Gasteiger charge is 2.13. The highest BCUT2D eigenvalue weighted by Crippen LogP contribution is 2.23. The zero-order chi connectivity index (χ0) is 16.8. The maximum absolute atomic E-state index is 12.3. The SMILES string of the molecule is CCc1cccc(CC)c1NC(=O)CSc1nnc(CC)n1C. The molecule has 1 aromatic carbocycles. The second-order valence-electron chi connectivity index (χ2n) is 5.31. The van der Waals surface area contributed by atoms with Crippen molar-refractivity contribution >= 4 is 23.4 Å². The lowest BCUT2D eigenvalue weighted by Gasteiger charge is -2.14. The van der Waals surface area contributed by atoms with Gasteiger partial charge in [-0.3, -0.25) is 4.79 Å². The number of amides is 1. The van der Waals surface area contributed by atoms with E-state index in [2.05, 4.69) is 41.5 Å². The molecule has 124 valence electrons. The van der Waals surface area contributed by atoms with E-state index in [0.717, 1.165) is 35.9 Å². The molecule has 0 aliphatic rings. The standard InChI is InChI=1S/C17H24N4OS/c1-5-12-9-8-10-13(6-2)16(12)18-15(22)11-23-17-20-19-14(7-3)21(17)4/h8-10H,5-7,11H2,1-4H3,(H,18,22).